The van der Waals surface area contributed by atoms with E-state index in [1.807, 2.05) is 6.92 Å². The summed E-state index contributed by atoms with van der Waals surface area (Å²) in [5.41, 5.74) is 3.17. The third-order valence-electron chi connectivity index (χ3n) is 5.67. The first kappa shape index (κ1) is 30.1. The van der Waals surface area contributed by atoms with Crippen LogP contribution in [0, 0.1) is 0 Å². The Balaban J connectivity index is 0.000000362. The van der Waals surface area contributed by atoms with Gasteiger partial charge in [-0.3, -0.25) is 9.52 Å². The van der Waals surface area contributed by atoms with E-state index in [1.54, 1.807) is 48.5 Å². The van der Waals surface area contributed by atoms with Gasteiger partial charge in [-0.2, -0.15) is 0 Å². The molecule has 3 aromatic rings. The van der Waals surface area contributed by atoms with E-state index in [9.17, 15) is 13.2 Å². The van der Waals surface area contributed by atoms with Gasteiger partial charge in [0.05, 0.1) is 10.6 Å². The number of para-hydroxylation sites is 1. The third-order valence-corrected chi connectivity index (χ3v) is 7.05. The Morgan fingerprint density at radius 1 is 0.800 bits per heavy atom. The number of rotatable bonds is 8. The lowest BCUT2D eigenvalue weighted by molar-refractivity contribution is 0.101. The van der Waals surface area contributed by atoms with Gasteiger partial charge >= 0.3 is 0 Å². The lowest BCUT2D eigenvalue weighted by atomic mass is 9.99. The van der Waals surface area contributed by atoms with Gasteiger partial charge in [0.15, 0.2) is 5.78 Å². The van der Waals surface area contributed by atoms with E-state index < -0.39 is 10.0 Å². The molecule has 190 valence electrons. The number of benzene rings is 3. The van der Waals surface area contributed by atoms with Gasteiger partial charge in [0.25, 0.3) is 10.0 Å². The summed E-state index contributed by atoms with van der Waals surface area (Å²) in [7, 11) is -3.70. The van der Waals surface area contributed by atoms with Crippen LogP contribution in [0.2, 0.25) is 0 Å². The summed E-state index contributed by atoms with van der Waals surface area (Å²) in [6.45, 7) is 12.3. The highest BCUT2D eigenvalue weighted by atomic mass is 32.2. The minimum absolute atomic E-state index is 0.179. The largest absolute Gasteiger partial charge is 0.294 e. The maximum absolute atomic E-state index is 12.4. The van der Waals surface area contributed by atoms with E-state index in [-0.39, 0.29) is 10.7 Å². The SMILES string of the molecule is CCC(C)c1ccccc1.CCCC.CCc1ccc(S(=O)(=O)Nc2ccccc2C(C)=O)cc1. The first-order valence-electron chi connectivity index (χ1n) is 12.5. The van der Waals surface area contributed by atoms with Crippen LogP contribution in [-0.2, 0) is 16.4 Å². The molecule has 4 nitrogen and oxygen atoms in total. The van der Waals surface area contributed by atoms with Gasteiger partial charge in [0.1, 0.15) is 0 Å². The van der Waals surface area contributed by atoms with E-state index in [0.29, 0.717) is 17.2 Å². The number of hydrogen-bond acceptors (Lipinski definition) is 3. The molecule has 1 N–H and O–H groups in total. The number of unbranched alkanes of at least 4 members (excludes halogenated alkanes) is 1. The summed E-state index contributed by atoms with van der Waals surface area (Å²) >= 11 is 0. The molecule has 0 bridgehead atoms. The fourth-order valence-electron chi connectivity index (χ4n) is 3.00. The smallest absolute Gasteiger partial charge is 0.261 e. The molecule has 0 fully saturated rings. The van der Waals surface area contributed by atoms with E-state index in [0.717, 1.165) is 12.0 Å². The monoisotopic (exact) mass is 495 g/mol. The maximum Gasteiger partial charge on any atom is 0.261 e. The number of hydrogen-bond donors (Lipinski definition) is 1. The number of carbonyl (C=O) groups excluding carboxylic acids is 1. The fraction of sp³-hybridized carbons (Fsp3) is 0.367. The second-order valence-electron chi connectivity index (χ2n) is 8.42. The number of nitrogens with one attached hydrogen (secondary N) is 1. The van der Waals surface area contributed by atoms with Crippen LogP contribution in [0.5, 0.6) is 0 Å². The van der Waals surface area contributed by atoms with Crippen LogP contribution in [0.3, 0.4) is 0 Å². The first-order chi connectivity index (χ1) is 16.7. The molecular formula is C30H41NO3S. The number of aryl methyl sites for hydroxylation is 1. The quantitative estimate of drug-likeness (QED) is 0.320. The topological polar surface area (TPSA) is 63.2 Å². The number of sulfonamides is 1. The lowest BCUT2D eigenvalue weighted by Gasteiger charge is -2.11. The van der Waals surface area contributed by atoms with Crippen molar-refractivity contribution in [3.63, 3.8) is 0 Å². The van der Waals surface area contributed by atoms with Crippen LogP contribution in [-0.4, -0.2) is 14.2 Å². The van der Waals surface area contributed by atoms with Crippen molar-refractivity contribution in [1.29, 1.82) is 0 Å². The van der Waals surface area contributed by atoms with Crippen LogP contribution in [0.1, 0.15) is 88.2 Å². The number of carbonyl (C=O) groups is 1. The zero-order valence-corrected chi connectivity index (χ0v) is 22.9. The highest BCUT2D eigenvalue weighted by Gasteiger charge is 2.17. The van der Waals surface area contributed by atoms with Crippen molar-refractivity contribution in [1.82, 2.24) is 0 Å². The molecular weight excluding hydrogens is 454 g/mol. The molecule has 0 amide bonds. The number of anilines is 1. The summed E-state index contributed by atoms with van der Waals surface area (Å²) < 4.78 is 27.2. The van der Waals surface area contributed by atoms with Crippen LogP contribution in [0.25, 0.3) is 0 Å². The van der Waals surface area contributed by atoms with Crippen LogP contribution in [0.4, 0.5) is 5.69 Å². The van der Waals surface area contributed by atoms with E-state index in [1.165, 1.54) is 31.7 Å². The molecule has 0 aliphatic carbocycles. The molecule has 1 unspecified atom stereocenters. The summed E-state index contributed by atoms with van der Waals surface area (Å²) in [4.78, 5) is 11.7. The Bertz CT molecular complexity index is 1110. The Morgan fingerprint density at radius 3 is 1.83 bits per heavy atom. The molecule has 0 radical (unpaired) electrons. The summed E-state index contributed by atoms with van der Waals surface area (Å²) in [6, 6.07) is 23.9. The lowest BCUT2D eigenvalue weighted by Crippen LogP contribution is -2.15. The standard InChI is InChI=1S/C16H17NO3S.C10H14.C4H10/c1-3-13-8-10-14(11-9-13)21(19,20)17-16-7-5-4-6-15(16)12(2)18;1-3-9(2)10-7-5-4-6-8-10;1-3-4-2/h4-11,17H,3H2,1-2H3;4-9H,3H2,1-2H3;3-4H2,1-2H3. The minimum atomic E-state index is -3.70. The summed E-state index contributed by atoms with van der Waals surface area (Å²) in [6.07, 6.45) is 4.71. The van der Waals surface area contributed by atoms with Crippen molar-refractivity contribution < 1.29 is 13.2 Å². The molecule has 0 aromatic heterocycles. The molecule has 3 aromatic carbocycles. The van der Waals surface area contributed by atoms with E-state index in [2.05, 4.69) is 62.7 Å². The van der Waals surface area contributed by atoms with Gasteiger partial charge in [-0.15, -0.1) is 0 Å². The number of Topliss-reactive ketones (excluding diaryl/α,β-unsaturated/α-hetero) is 1. The average molecular weight is 496 g/mol. The highest BCUT2D eigenvalue weighted by molar-refractivity contribution is 7.92. The maximum atomic E-state index is 12.4. The normalized spacial score (nSPS) is 11.3. The van der Waals surface area contributed by atoms with Crippen molar-refractivity contribution in [3.05, 3.63) is 95.6 Å². The van der Waals surface area contributed by atoms with Crippen molar-refractivity contribution in [2.75, 3.05) is 4.72 Å². The summed E-state index contributed by atoms with van der Waals surface area (Å²) in [5, 5.41) is 0. The molecule has 3 rings (SSSR count). The summed E-state index contributed by atoms with van der Waals surface area (Å²) in [5.74, 6) is 0.524. The van der Waals surface area contributed by atoms with Gasteiger partial charge in [-0.05, 0) is 61.1 Å². The van der Waals surface area contributed by atoms with Crippen molar-refractivity contribution in [3.8, 4) is 0 Å². The van der Waals surface area contributed by atoms with Gasteiger partial charge in [0.2, 0.25) is 0 Å². The van der Waals surface area contributed by atoms with Crippen molar-refractivity contribution >= 4 is 21.5 Å². The van der Waals surface area contributed by atoms with Crippen LogP contribution < -0.4 is 4.72 Å². The second-order valence-corrected chi connectivity index (χ2v) is 10.1. The molecule has 0 saturated carbocycles. The van der Waals surface area contributed by atoms with Gasteiger partial charge in [-0.1, -0.05) is 102 Å². The Kier molecular flexibility index (Phi) is 13.7. The molecule has 5 heteroatoms. The zero-order valence-electron chi connectivity index (χ0n) is 22.0. The number of ketones is 1. The molecule has 0 heterocycles. The highest BCUT2D eigenvalue weighted by Crippen LogP contribution is 2.21. The van der Waals surface area contributed by atoms with Gasteiger partial charge in [-0.25, -0.2) is 8.42 Å². The van der Waals surface area contributed by atoms with Crippen molar-refractivity contribution in [2.24, 2.45) is 0 Å². The molecule has 0 saturated heterocycles. The van der Waals surface area contributed by atoms with E-state index in [4.69, 9.17) is 0 Å². The molecule has 0 aliphatic rings. The Morgan fingerprint density at radius 2 is 1.34 bits per heavy atom. The molecule has 0 spiro atoms. The Hall–Kier alpha value is -2.92. The molecule has 35 heavy (non-hydrogen) atoms. The fourth-order valence-corrected chi connectivity index (χ4v) is 4.08. The predicted octanol–water partition coefficient (Wildman–Crippen LogP) is 8.26. The molecule has 0 aliphatic heterocycles. The average Bonchev–Trinajstić information content (AvgIpc) is 2.89. The minimum Gasteiger partial charge on any atom is -0.294 e. The first-order valence-corrected chi connectivity index (χ1v) is 13.9. The van der Waals surface area contributed by atoms with Crippen molar-refractivity contribution in [2.45, 2.75) is 78.0 Å². The van der Waals surface area contributed by atoms with Crippen LogP contribution in [0.15, 0.2) is 83.8 Å². The van der Waals surface area contributed by atoms with Gasteiger partial charge < -0.3 is 0 Å². The molecule has 1 atom stereocenters. The van der Waals surface area contributed by atoms with E-state index >= 15 is 0 Å². The van der Waals surface area contributed by atoms with Crippen LogP contribution >= 0.6 is 0 Å². The Labute approximate surface area is 212 Å². The van der Waals surface area contributed by atoms with Gasteiger partial charge in [0, 0.05) is 5.56 Å². The third kappa shape index (κ3) is 10.5. The zero-order chi connectivity index (χ0) is 26.3. The second kappa shape index (κ2) is 15.9. The predicted molar refractivity (Wildman–Crippen MR) is 149 cm³/mol.